The standard InChI is InChI=1S/C30H37N3O5/c1-4-29-13-14-30(38-29)24(23(29)26(35)31-18-21-9-6-5-7-10-21)28(37)33(15-8-16-34)25(30)27(36)32-22-17-19(2)11-12-20(22)3/h5-7,9-12,17,23-25,34H,4,8,13-16,18H2,1-3H3,(H,31,35)(H,32,36)/t23-,24-,25?,29+,30?/m0/s1. The normalized spacial score (nSPS) is 29.4. The van der Waals surface area contributed by atoms with Gasteiger partial charge >= 0.3 is 0 Å². The summed E-state index contributed by atoms with van der Waals surface area (Å²) >= 11 is 0. The molecule has 2 aromatic rings. The molecule has 202 valence electrons. The van der Waals surface area contributed by atoms with Gasteiger partial charge in [-0.05, 0) is 62.3 Å². The summed E-state index contributed by atoms with van der Waals surface area (Å²) < 4.78 is 6.77. The van der Waals surface area contributed by atoms with Crippen LogP contribution in [0.3, 0.4) is 0 Å². The Kier molecular flexibility index (Phi) is 7.05. The van der Waals surface area contributed by atoms with Crippen LogP contribution in [0.25, 0.3) is 0 Å². The van der Waals surface area contributed by atoms with Crippen molar-refractivity contribution in [1.82, 2.24) is 10.2 Å². The number of anilines is 1. The third kappa shape index (κ3) is 4.20. The maximum absolute atomic E-state index is 14.0. The molecule has 0 aliphatic carbocycles. The lowest BCUT2D eigenvalue weighted by molar-refractivity contribution is -0.146. The molecule has 3 aliphatic rings. The number of amides is 3. The van der Waals surface area contributed by atoms with Crippen LogP contribution in [0.15, 0.2) is 48.5 Å². The van der Waals surface area contributed by atoms with Gasteiger partial charge < -0.3 is 25.4 Å². The molecule has 5 atom stereocenters. The highest BCUT2D eigenvalue weighted by molar-refractivity contribution is 6.04. The van der Waals surface area contributed by atoms with Gasteiger partial charge in [-0.2, -0.15) is 0 Å². The molecule has 8 nitrogen and oxygen atoms in total. The quantitative estimate of drug-likeness (QED) is 0.472. The molecule has 8 heteroatoms. The summed E-state index contributed by atoms with van der Waals surface area (Å²) in [5, 5.41) is 15.6. The number of hydrogen-bond donors (Lipinski definition) is 3. The molecule has 3 amide bonds. The number of aryl methyl sites for hydroxylation is 2. The predicted octanol–water partition coefficient (Wildman–Crippen LogP) is 3.10. The fourth-order valence-electron chi connectivity index (χ4n) is 6.86. The molecule has 3 saturated heterocycles. The maximum Gasteiger partial charge on any atom is 0.250 e. The van der Waals surface area contributed by atoms with Crippen molar-refractivity contribution in [3.8, 4) is 0 Å². The first-order chi connectivity index (χ1) is 18.3. The predicted molar refractivity (Wildman–Crippen MR) is 143 cm³/mol. The number of aliphatic hydroxyl groups excluding tert-OH is 1. The van der Waals surface area contributed by atoms with Gasteiger partial charge in [0, 0.05) is 25.4 Å². The van der Waals surface area contributed by atoms with Crippen molar-refractivity contribution in [3.05, 3.63) is 65.2 Å². The number of ether oxygens (including phenoxy) is 1. The Hall–Kier alpha value is -3.23. The van der Waals surface area contributed by atoms with Gasteiger partial charge in [-0.3, -0.25) is 14.4 Å². The van der Waals surface area contributed by atoms with Crippen LogP contribution < -0.4 is 10.6 Å². The molecular weight excluding hydrogens is 482 g/mol. The van der Waals surface area contributed by atoms with Crippen LogP contribution in [0, 0.1) is 25.7 Å². The van der Waals surface area contributed by atoms with Crippen molar-refractivity contribution in [2.24, 2.45) is 11.8 Å². The summed E-state index contributed by atoms with van der Waals surface area (Å²) in [6.07, 6.45) is 2.05. The largest absolute Gasteiger partial charge is 0.396 e. The topological polar surface area (TPSA) is 108 Å². The second-order valence-electron chi connectivity index (χ2n) is 11.0. The fourth-order valence-corrected chi connectivity index (χ4v) is 6.86. The summed E-state index contributed by atoms with van der Waals surface area (Å²) in [5.41, 5.74) is 1.72. The van der Waals surface area contributed by atoms with E-state index in [4.69, 9.17) is 4.74 Å². The highest BCUT2D eigenvalue weighted by atomic mass is 16.5. The smallest absolute Gasteiger partial charge is 0.250 e. The number of likely N-dealkylation sites (tertiary alicyclic amines) is 1. The van der Waals surface area contributed by atoms with Crippen molar-refractivity contribution in [3.63, 3.8) is 0 Å². The molecule has 3 N–H and O–H groups in total. The minimum Gasteiger partial charge on any atom is -0.396 e. The van der Waals surface area contributed by atoms with Crippen molar-refractivity contribution in [2.45, 2.75) is 70.2 Å². The number of aliphatic hydroxyl groups is 1. The van der Waals surface area contributed by atoms with E-state index in [2.05, 4.69) is 10.6 Å². The Bertz CT molecular complexity index is 1230. The van der Waals surface area contributed by atoms with Gasteiger partial charge in [0.2, 0.25) is 17.7 Å². The molecule has 2 aromatic carbocycles. The van der Waals surface area contributed by atoms with E-state index in [-0.39, 0.29) is 30.9 Å². The number of nitrogens with zero attached hydrogens (tertiary/aromatic N) is 1. The van der Waals surface area contributed by atoms with E-state index >= 15 is 0 Å². The van der Waals surface area contributed by atoms with Gasteiger partial charge in [0.05, 0.1) is 17.4 Å². The molecule has 1 spiro atoms. The zero-order valence-corrected chi connectivity index (χ0v) is 22.3. The molecule has 2 unspecified atom stereocenters. The van der Waals surface area contributed by atoms with Crippen LogP contribution >= 0.6 is 0 Å². The van der Waals surface area contributed by atoms with E-state index in [0.29, 0.717) is 37.9 Å². The number of carbonyl (C=O) groups excluding carboxylic acids is 3. The van der Waals surface area contributed by atoms with Crippen LogP contribution in [0.1, 0.15) is 49.3 Å². The number of benzene rings is 2. The van der Waals surface area contributed by atoms with Gasteiger partial charge in [0.1, 0.15) is 11.6 Å². The second-order valence-corrected chi connectivity index (χ2v) is 11.0. The Labute approximate surface area is 223 Å². The van der Waals surface area contributed by atoms with Crippen molar-refractivity contribution in [2.75, 3.05) is 18.5 Å². The average molecular weight is 520 g/mol. The molecule has 5 rings (SSSR count). The fraction of sp³-hybridized carbons (Fsp3) is 0.500. The van der Waals surface area contributed by atoms with Gasteiger partial charge in [-0.15, -0.1) is 0 Å². The highest BCUT2D eigenvalue weighted by Crippen LogP contribution is 2.64. The lowest BCUT2D eigenvalue weighted by atomic mass is 9.65. The van der Waals surface area contributed by atoms with Crippen LogP contribution in [-0.2, 0) is 25.7 Å². The molecule has 2 bridgehead atoms. The van der Waals surface area contributed by atoms with E-state index in [1.165, 1.54) is 0 Å². The van der Waals surface area contributed by atoms with Crippen LogP contribution in [-0.4, -0.2) is 58.1 Å². The Balaban J connectivity index is 1.48. The Morgan fingerprint density at radius 1 is 1.11 bits per heavy atom. The highest BCUT2D eigenvalue weighted by Gasteiger charge is 2.78. The second kappa shape index (κ2) is 10.2. The summed E-state index contributed by atoms with van der Waals surface area (Å²) in [7, 11) is 0. The zero-order valence-electron chi connectivity index (χ0n) is 22.3. The number of hydrogen-bond acceptors (Lipinski definition) is 5. The Morgan fingerprint density at radius 2 is 1.87 bits per heavy atom. The molecule has 3 heterocycles. The first kappa shape index (κ1) is 26.4. The molecular formula is C30H37N3O5. The van der Waals surface area contributed by atoms with E-state index in [0.717, 1.165) is 16.7 Å². The number of nitrogens with one attached hydrogen (secondary N) is 2. The van der Waals surface area contributed by atoms with Crippen molar-refractivity contribution >= 4 is 23.4 Å². The number of carbonyl (C=O) groups is 3. The summed E-state index contributed by atoms with van der Waals surface area (Å²) in [5.74, 6) is -2.21. The van der Waals surface area contributed by atoms with Gasteiger partial charge in [0.15, 0.2) is 0 Å². The van der Waals surface area contributed by atoms with Gasteiger partial charge in [-0.1, -0.05) is 49.4 Å². The van der Waals surface area contributed by atoms with E-state index < -0.39 is 29.1 Å². The van der Waals surface area contributed by atoms with Gasteiger partial charge in [0.25, 0.3) is 0 Å². The molecule has 3 aliphatic heterocycles. The van der Waals surface area contributed by atoms with E-state index in [1.54, 1.807) is 4.90 Å². The van der Waals surface area contributed by atoms with Gasteiger partial charge in [-0.25, -0.2) is 0 Å². The van der Waals surface area contributed by atoms with E-state index in [1.807, 2.05) is 69.3 Å². The van der Waals surface area contributed by atoms with E-state index in [9.17, 15) is 19.5 Å². The molecule has 0 radical (unpaired) electrons. The first-order valence-electron chi connectivity index (χ1n) is 13.6. The third-order valence-corrected chi connectivity index (χ3v) is 8.73. The van der Waals surface area contributed by atoms with Crippen LogP contribution in [0.4, 0.5) is 5.69 Å². The molecule has 38 heavy (non-hydrogen) atoms. The molecule has 0 saturated carbocycles. The first-order valence-corrected chi connectivity index (χ1v) is 13.6. The lowest BCUT2D eigenvalue weighted by Crippen LogP contribution is -2.53. The van der Waals surface area contributed by atoms with Crippen molar-refractivity contribution < 1.29 is 24.2 Å². The minimum atomic E-state index is -1.08. The summed E-state index contributed by atoms with van der Waals surface area (Å²) in [6, 6.07) is 14.6. The summed E-state index contributed by atoms with van der Waals surface area (Å²) in [4.78, 5) is 43.2. The average Bonchev–Trinajstić information content (AvgIpc) is 3.52. The Morgan fingerprint density at radius 3 is 2.58 bits per heavy atom. The summed E-state index contributed by atoms with van der Waals surface area (Å²) in [6.45, 7) is 6.34. The zero-order chi connectivity index (χ0) is 27.1. The van der Waals surface area contributed by atoms with Crippen LogP contribution in [0.5, 0.6) is 0 Å². The maximum atomic E-state index is 14.0. The van der Waals surface area contributed by atoms with Crippen molar-refractivity contribution in [1.29, 1.82) is 0 Å². The molecule has 3 fully saturated rings. The number of rotatable bonds is 9. The SMILES string of the molecule is CC[C@]12CCC3(O1)C(C(=O)Nc1cc(C)ccc1C)N(CCCO)C(=O)[C@@H]3[C@H]2C(=O)NCc1ccccc1. The number of fused-ring (bicyclic) bond motifs is 1. The van der Waals surface area contributed by atoms with Crippen LogP contribution in [0.2, 0.25) is 0 Å². The monoisotopic (exact) mass is 519 g/mol. The lowest BCUT2D eigenvalue weighted by Gasteiger charge is -2.34. The molecule has 0 aromatic heterocycles. The third-order valence-electron chi connectivity index (χ3n) is 8.73. The minimum absolute atomic E-state index is 0.104.